The van der Waals surface area contributed by atoms with Crippen molar-refractivity contribution in [3.63, 3.8) is 0 Å². The number of nitrogens with one attached hydrogen (secondary N) is 2. The number of amides is 3. The topological polar surface area (TPSA) is 102 Å². The molecule has 3 amide bonds. The van der Waals surface area contributed by atoms with E-state index < -0.39 is 12.1 Å². The van der Waals surface area contributed by atoms with Crippen LogP contribution in [0.1, 0.15) is 29.2 Å². The number of carbonyl (C=O) groups is 2. The fourth-order valence-corrected chi connectivity index (χ4v) is 3.01. The van der Waals surface area contributed by atoms with E-state index in [1.165, 1.54) is 0 Å². The van der Waals surface area contributed by atoms with Gasteiger partial charge in [0, 0.05) is 18.9 Å². The van der Waals surface area contributed by atoms with Gasteiger partial charge in [0.2, 0.25) is 5.91 Å². The Morgan fingerprint density at radius 3 is 2.39 bits per heavy atom. The highest BCUT2D eigenvalue weighted by Crippen LogP contribution is 2.17. The molecule has 0 saturated heterocycles. The number of nitrogens with zero attached hydrogens (tertiary/aromatic N) is 2. The molecule has 1 heterocycles. The summed E-state index contributed by atoms with van der Waals surface area (Å²) in [6.45, 7) is 1.03. The molecule has 0 aliphatic heterocycles. The summed E-state index contributed by atoms with van der Waals surface area (Å²) >= 11 is 0. The van der Waals surface area contributed by atoms with Gasteiger partial charge in [-0.15, -0.1) is 0 Å². The van der Waals surface area contributed by atoms with Crippen molar-refractivity contribution in [2.24, 2.45) is 5.73 Å². The highest BCUT2D eigenvalue weighted by molar-refractivity contribution is 5.78. The molecule has 7 nitrogen and oxygen atoms in total. The highest BCUT2D eigenvalue weighted by atomic mass is 16.2. The molecule has 4 N–H and O–H groups in total. The first kappa shape index (κ1) is 19.2. The van der Waals surface area contributed by atoms with Crippen molar-refractivity contribution in [3.8, 4) is 0 Å². The van der Waals surface area contributed by atoms with Crippen molar-refractivity contribution < 1.29 is 9.59 Å². The second kappa shape index (κ2) is 9.36. The number of benzene rings is 2. The molecule has 144 valence electrons. The van der Waals surface area contributed by atoms with Crippen molar-refractivity contribution in [1.29, 1.82) is 0 Å². The summed E-state index contributed by atoms with van der Waals surface area (Å²) in [5.41, 5.74) is 8.20. The summed E-state index contributed by atoms with van der Waals surface area (Å²) in [4.78, 5) is 23.8. The zero-order valence-corrected chi connectivity index (χ0v) is 15.4. The molecule has 3 rings (SSSR count). The first-order valence-electron chi connectivity index (χ1n) is 9.03. The minimum Gasteiger partial charge on any atom is -0.352 e. The van der Waals surface area contributed by atoms with Gasteiger partial charge in [-0.2, -0.15) is 5.10 Å². The number of primary amides is 1. The SMILES string of the molecule is NC(=O)N[C@@H](CC(=O)NCc1ccccc1Cn1cccn1)c1ccccc1. The Bertz CT molecular complexity index is 910. The van der Waals surface area contributed by atoms with Crippen LogP contribution in [-0.2, 0) is 17.9 Å². The molecule has 1 atom stereocenters. The van der Waals surface area contributed by atoms with E-state index in [1.807, 2.05) is 71.5 Å². The van der Waals surface area contributed by atoms with Crippen LogP contribution in [0.3, 0.4) is 0 Å². The molecule has 0 bridgehead atoms. The molecule has 0 fully saturated rings. The lowest BCUT2D eigenvalue weighted by molar-refractivity contribution is -0.121. The summed E-state index contributed by atoms with van der Waals surface area (Å²) in [5, 5.41) is 9.79. The van der Waals surface area contributed by atoms with Crippen LogP contribution >= 0.6 is 0 Å². The van der Waals surface area contributed by atoms with Crippen LogP contribution in [0.4, 0.5) is 4.79 Å². The molecule has 0 aliphatic carbocycles. The van der Waals surface area contributed by atoms with Gasteiger partial charge >= 0.3 is 6.03 Å². The standard InChI is InChI=1S/C21H23N5O2/c22-21(28)25-19(16-7-2-1-3-8-16)13-20(27)23-14-17-9-4-5-10-18(17)15-26-12-6-11-24-26/h1-12,19H,13-15H2,(H,23,27)(H3,22,25,28)/t19-/m0/s1. The first-order valence-corrected chi connectivity index (χ1v) is 9.03. The van der Waals surface area contributed by atoms with Crippen molar-refractivity contribution in [1.82, 2.24) is 20.4 Å². The van der Waals surface area contributed by atoms with E-state index in [1.54, 1.807) is 6.20 Å². The van der Waals surface area contributed by atoms with Crippen molar-refractivity contribution in [2.45, 2.75) is 25.6 Å². The summed E-state index contributed by atoms with van der Waals surface area (Å²) < 4.78 is 1.84. The predicted molar refractivity (Wildman–Crippen MR) is 106 cm³/mol. The molecule has 0 spiro atoms. The van der Waals surface area contributed by atoms with Crippen LogP contribution in [0.5, 0.6) is 0 Å². The fourth-order valence-electron chi connectivity index (χ4n) is 3.01. The first-order chi connectivity index (χ1) is 13.6. The second-order valence-electron chi connectivity index (χ2n) is 6.43. The van der Waals surface area contributed by atoms with Crippen LogP contribution in [-0.4, -0.2) is 21.7 Å². The molecule has 0 aliphatic rings. The van der Waals surface area contributed by atoms with Gasteiger partial charge in [-0.3, -0.25) is 9.48 Å². The molecule has 0 unspecified atom stereocenters. The average molecular weight is 377 g/mol. The lowest BCUT2D eigenvalue weighted by atomic mass is 10.0. The number of carbonyl (C=O) groups excluding carboxylic acids is 2. The van der Waals surface area contributed by atoms with Crippen LogP contribution in [0.15, 0.2) is 73.1 Å². The van der Waals surface area contributed by atoms with Crippen LogP contribution in [0.2, 0.25) is 0 Å². The maximum absolute atomic E-state index is 12.5. The second-order valence-corrected chi connectivity index (χ2v) is 6.43. The molecule has 28 heavy (non-hydrogen) atoms. The van der Waals surface area contributed by atoms with Gasteiger partial charge < -0.3 is 16.4 Å². The van der Waals surface area contributed by atoms with E-state index in [-0.39, 0.29) is 12.3 Å². The number of urea groups is 1. The zero-order valence-electron chi connectivity index (χ0n) is 15.4. The lowest BCUT2D eigenvalue weighted by Crippen LogP contribution is -2.36. The molecule has 7 heteroatoms. The van der Waals surface area contributed by atoms with Crippen LogP contribution in [0, 0.1) is 0 Å². The van der Waals surface area contributed by atoms with Crippen LogP contribution in [0.25, 0.3) is 0 Å². The largest absolute Gasteiger partial charge is 0.352 e. The van der Waals surface area contributed by atoms with Gasteiger partial charge in [-0.25, -0.2) is 4.79 Å². The summed E-state index contributed by atoms with van der Waals surface area (Å²) in [6, 6.07) is 17.9. The van der Waals surface area contributed by atoms with Gasteiger partial charge in [-0.05, 0) is 22.8 Å². The van der Waals surface area contributed by atoms with Crippen molar-refractivity contribution >= 4 is 11.9 Å². The average Bonchev–Trinajstić information content (AvgIpc) is 3.20. The maximum Gasteiger partial charge on any atom is 0.312 e. The highest BCUT2D eigenvalue weighted by Gasteiger charge is 2.17. The zero-order chi connectivity index (χ0) is 19.8. The number of aromatic nitrogens is 2. The monoisotopic (exact) mass is 377 g/mol. The lowest BCUT2D eigenvalue weighted by Gasteiger charge is -2.18. The van der Waals surface area contributed by atoms with E-state index in [2.05, 4.69) is 15.7 Å². The Balaban J connectivity index is 1.62. The van der Waals surface area contributed by atoms with Gasteiger partial charge in [-0.1, -0.05) is 54.6 Å². The molecular formula is C21H23N5O2. The van der Waals surface area contributed by atoms with Gasteiger partial charge in [0.25, 0.3) is 0 Å². The molecular weight excluding hydrogens is 354 g/mol. The van der Waals surface area contributed by atoms with Gasteiger partial charge in [0.1, 0.15) is 0 Å². The summed E-state index contributed by atoms with van der Waals surface area (Å²) in [6.07, 6.45) is 3.74. The van der Waals surface area contributed by atoms with Crippen molar-refractivity contribution in [2.75, 3.05) is 0 Å². The Kier molecular flexibility index (Phi) is 6.41. The normalized spacial score (nSPS) is 11.6. The quantitative estimate of drug-likeness (QED) is 0.561. The summed E-state index contributed by atoms with van der Waals surface area (Å²) in [7, 11) is 0. The third-order valence-electron chi connectivity index (χ3n) is 4.39. The number of rotatable bonds is 8. The molecule has 2 aromatic carbocycles. The minimum atomic E-state index is -0.661. The Labute approximate surface area is 163 Å². The van der Waals surface area contributed by atoms with E-state index >= 15 is 0 Å². The minimum absolute atomic E-state index is 0.105. The molecule has 0 saturated carbocycles. The predicted octanol–water partition coefficient (Wildman–Crippen LogP) is 2.35. The van der Waals surface area contributed by atoms with Gasteiger partial charge in [0.05, 0.1) is 19.0 Å². The third kappa shape index (κ3) is 5.44. The Morgan fingerprint density at radius 2 is 1.71 bits per heavy atom. The van der Waals surface area contributed by atoms with E-state index in [4.69, 9.17) is 5.73 Å². The maximum atomic E-state index is 12.5. The fraction of sp³-hybridized carbons (Fsp3) is 0.190. The number of hydrogen-bond donors (Lipinski definition) is 3. The smallest absolute Gasteiger partial charge is 0.312 e. The summed E-state index contributed by atoms with van der Waals surface area (Å²) in [5.74, 6) is -0.170. The Hall–Kier alpha value is -3.61. The molecule has 1 aromatic heterocycles. The molecule has 3 aromatic rings. The number of nitrogens with two attached hydrogens (primary N) is 1. The van der Waals surface area contributed by atoms with E-state index in [9.17, 15) is 9.59 Å². The number of hydrogen-bond acceptors (Lipinski definition) is 3. The van der Waals surface area contributed by atoms with E-state index in [0.717, 1.165) is 16.7 Å². The van der Waals surface area contributed by atoms with Crippen molar-refractivity contribution in [3.05, 3.63) is 89.7 Å². The van der Waals surface area contributed by atoms with E-state index in [0.29, 0.717) is 13.1 Å². The van der Waals surface area contributed by atoms with Gasteiger partial charge in [0.15, 0.2) is 0 Å². The third-order valence-corrected chi connectivity index (χ3v) is 4.39. The Morgan fingerprint density at radius 1 is 1.00 bits per heavy atom. The van der Waals surface area contributed by atoms with Crippen LogP contribution < -0.4 is 16.4 Å². The molecule has 0 radical (unpaired) electrons.